The molecule has 0 amide bonds. The first-order chi connectivity index (χ1) is 9.90. The molecule has 0 saturated carbocycles. The van der Waals surface area contributed by atoms with Crippen LogP contribution in [-0.4, -0.2) is 36.6 Å². The molecular weight excluding hydrogens is 288 g/mol. The van der Waals surface area contributed by atoms with Crippen molar-refractivity contribution in [1.29, 1.82) is 0 Å². The van der Waals surface area contributed by atoms with Crippen molar-refractivity contribution in [2.24, 2.45) is 0 Å². The molecule has 0 fully saturated rings. The van der Waals surface area contributed by atoms with Crippen molar-refractivity contribution in [2.45, 2.75) is 38.9 Å². The Morgan fingerprint density at radius 1 is 1.33 bits per heavy atom. The molecular formula is C14H18N4O2S. The normalized spacial score (nSPS) is 11.1. The topological polar surface area (TPSA) is 80.9 Å². The van der Waals surface area contributed by atoms with Crippen LogP contribution in [0.2, 0.25) is 0 Å². The fourth-order valence-corrected chi connectivity index (χ4v) is 2.86. The maximum atomic E-state index is 10.7. The van der Waals surface area contributed by atoms with E-state index in [2.05, 4.69) is 15.2 Å². The Morgan fingerprint density at radius 3 is 2.62 bits per heavy atom. The first kappa shape index (κ1) is 15.5. The van der Waals surface area contributed by atoms with Crippen molar-refractivity contribution in [3.05, 3.63) is 23.5 Å². The van der Waals surface area contributed by atoms with Gasteiger partial charge in [-0.2, -0.15) is 0 Å². The minimum absolute atomic E-state index is 0.0318. The van der Waals surface area contributed by atoms with Gasteiger partial charge in [-0.1, -0.05) is 11.8 Å². The molecule has 0 bridgehead atoms. The predicted octanol–water partition coefficient (Wildman–Crippen LogP) is 2.71. The average Bonchev–Trinajstić information content (AvgIpc) is 2.80. The SMILES string of the molecule is Cc1ccc(-c2nnc(SCC(=O)O)n2C(C)C)c(C)n1. The summed E-state index contributed by atoms with van der Waals surface area (Å²) in [5.41, 5.74) is 2.76. The zero-order valence-corrected chi connectivity index (χ0v) is 13.3. The second-order valence-corrected chi connectivity index (χ2v) is 5.98. The van der Waals surface area contributed by atoms with Crippen molar-refractivity contribution >= 4 is 17.7 Å². The zero-order chi connectivity index (χ0) is 15.6. The van der Waals surface area contributed by atoms with Crippen LogP contribution in [0.3, 0.4) is 0 Å². The van der Waals surface area contributed by atoms with E-state index in [0.717, 1.165) is 22.8 Å². The van der Waals surface area contributed by atoms with E-state index in [0.29, 0.717) is 5.16 Å². The number of hydrogen-bond acceptors (Lipinski definition) is 5. The number of carboxylic acids is 1. The van der Waals surface area contributed by atoms with Crippen LogP contribution in [0.1, 0.15) is 31.3 Å². The van der Waals surface area contributed by atoms with Crippen LogP contribution in [0, 0.1) is 13.8 Å². The zero-order valence-electron chi connectivity index (χ0n) is 12.5. The largest absolute Gasteiger partial charge is 0.481 e. The third-order valence-electron chi connectivity index (χ3n) is 2.97. The molecule has 0 aliphatic heterocycles. The van der Waals surface area contributed by atoms with E-state index in [-0.39, 0.29) is 11.8 Å². The van der Waals surface area contributed by atoms with Crippen LogP contribution >= 0.6 is 11.8 Å². The number of rotatable bonds is 5. The van der Waals surface area contributed by atoms with Crippen LogP contribution in [-0.2, 0) is 4.79 Å². The average molecular weight is 306 g/mol. The first-order valence-electron chi connectivity index (χ1n) is 6.64. The minimum atomic E-state index is -0.868. The van der Waals surface area contributed by atoms with Gasteiger partial charge in [0.1, 0.15) is 0 Å². The number of pyridine rings is 1. The van der Waals surface area contributed by atoms with Gasteiger partial charge < -0.3 is 5.11 Å². The summed E-state index contributed by atoms with van der Waals surface area (Å²) in [5.74, 6) is -0.174. The van der Waals surface area contributed by atoms with E-state index in [1.165, 1.54) is 11.8 Å². The lowest BCUT2D eigenvalue weighted by Gasteiger charge is -2.14. The van der Waals surface area contributed by atoms with E-state index in [9.17, 15) is 4.79 Å². The fraction of sp³-hybridized carbons (Fsp3) is 0.429. The highest BCUT2D eigenvalue weighted by Crippen LogP contribution is 2.28. The molecule has 0 unspecified atom stereocenters. The standard InChI is InChI=1S/C14H18N4O2S/c1-8(2)18-13(11-6-5-9(3)15-10(11)4)16-17-14(18)21-7-12(19)20/h5-6,8H,7H2,1-4H3,(H,19,20). The summed E-state index contributed by atoms with van der Waals surface area (Å²) >= 11 is 1.18. The number of carboxylic acid groups (broad SMARTS) is 1. The smallest absolute Gasteiger partial charge is 0.313 e. The molecule has 0 atom stereocenters. The Hall–Kier alpha value is -1.89. The van der Waals surface area contributed by atoms with Gasteiger partial charge in [0.25, 0.3) is 0 Å². The Balaban J connectivity index is 2.46. The lowest BCUT2D eigenvalue weighted by Crippen LogP contribution is -2.07. The summed E-state index contributed by atoms with van der Waals surface area (Å²) < 4.78 is 1.95. The molecule has 0 aliphatic carbocycles. The fourth-order valence-electron chi connectivity index (χ4n) is 2.07. The van der Waals surface area contributed by atoms with Crippen molar-refractivity contribution in [2.75, 3.05) is 5.75 Å². The number of aromatic nitrogens is 4. The Bertz CT molecular complexity index is 667. The van der Waals surface area contributed by atoms with Gasteiger partial charge in [0.05, 0.1) is 5.75 Å². The van der Waals surface area contributed by atoms with E-state index in [4.69, 9.17) is 5.11 Å². The highest BCUT2D eigenvalue weighted by molar-refractivity contribution is 7.99. The van der Waals surface area contributed by atoms with Gasteiger partial charge in [-0.05, 0) is 39.8 Å². The van der Waals surface area contributed by atoms with Gasteiger partial charge >= 0.3 is 5.97 Å². The molecule has 1 N–H and O–H groups in total. The molecule has 2 heterocycles. The monoisotopic (exact) mass is 306 g/mol. The van der Waals surface area contributed by atoms with Crippen molar-refractivity contribution < 1.29 is 9.90 Å². The molecule has 21 heavy (non-hydrogen) atoms. The molecule has 2 aromatic heterocycles. The second-order valence-electron chi connectivity index (χ2n) is 5.04. The molecule has 0 aromatic carbocycles. The highest BCUT2D eigenvalue weighted by Gasteiger charge is 2.19. The van der Waals surface area contributed by atoms with Gasteiger partial charge in [-0.15, -0.1) is 10.2 Å². The number of aliphatic carboxylic acids is 1. The quantitative estimate of drug-likeness (QED) is 0.855. The molecule has 7 heteroatoms. The summed E-state index contributed by atoms with van der Waals surface area (Å²) in [6.07, 6.45) is 0. The second kappa shape index (κ2) is 6.26. The van der Waals surface area contributed by atoms with Crippen LogP contribution in [0.25, 0.3) is 11.4 Å². The summed E-state index contributed by atoms with van der Waals surface area (Å²) in [4.78, 5) is 15.2. The van der Waals surface area contributed by atoms with Gasteiger partial charge in [-0.3, -0.25) is 14.3 Å². The maximum absolute atomic E-state index is 10.7. The third kappa shape index (κ3) is 3.41. The lowest BCUT2D eigenvalue weighted by molar-refractivity contribution is -0.133. The molecule has 112 valence electrons. The van der Waals surface area contributed by atoms with E-state index in [1.54, 1.807) is 0 Å². The Morgan fingerprint density at radius 2 is 2.05 bits per heavy atom. The van der Waals surface area contributed by atoms with Crippen LogP contribution in [0.4, 0.5) is 0 Å². The Labute approximate surface area is 127 Å². The number of carbonyl (C=O) groups is 1. The number of hydrogen-bond donors (Lipinski definition) is 1. The Kier molecular flexibility index (Phi) is 4.62. The van der Waals surface area contributed by atoms with Crippen molar-refractivity contribution in [3.63, 3.8) is 0 Å². The van der Waals surface area contributed by atoms with E-state index in [1.807, 2.05) is 44.4 Å². The van der Waals surface area contributed by atoms with Gasteiger partial charge in [0.2, 0.25) is 0 Å². The molecule has 6 nitrogen and oxygen atoms in total. The molecule has 0 spiro atoms. The maximum Gasteiger partial charge on any atom is 0.313 e. The molecule has 2 aromatic rings. The van der Waals surface area contributed by atoms with Crippen LogP contribution < -0.4 is 0 Å². The van der Waals surface area contributed by atoms with Gasteiger partial charge in [-0.25, -0.2) is 0 Å². The van der Waals surface area contributed by atoms with E-state index >= 15 is 0 Å². The highest BCUT2D eigenvalue weighted by atomic mass is 32.2. The molecule has 0 aliphatic rings. The summed E-state index contributed by atoms with van der Waals surface area (Å²) in [6, 6.07) is 4.05. The number of nitrogens with zero attached hydrogens (tertiary/aromatic N) is 4. The lowest BCUT2D eigenvalue weighted by atomic mass is 10.1. The third-order valence-corrected chi connectivity index (χ3v) is 3.90. The predicted molar refractivity (Wildman–Crippen MR) is 81.5 cm³/mol. The van der Waals surface area contributed by atoms with Gasteiger partial charge in [0.15, 0.2) is 11.0 Å². The summed E-state index contributed by atoms with van der Waals surface area (Å²) in [7, 11) is 0. The first-order valence-corrected chi connectivity index (χ1v) is 7.62. The number of thioether (sulfide) groups is 1. The van der Waals surface area contributed by atoms with Crippen molar-refractivity contribution in [1.82, 2.24) is 19.7 Å². The molecule has 0 saturated heterocycles. The van der Waals surface area contributed by atoms with Crippen LogP contribution in [0.5, 0.6) is 0 Å². The molecule has 0 radical (unpaired) electrons. The minimum Gasteiger partial charge on any atom is -0.481 e. The summed E-state index contributed by atoms with van der Waals surface area (Å²) in [6.45, 7) is 7.92. The summed E-state index contributed by atoms with van der Waals surface area (Å²) in [5, 5.41) is 17.8. The molecule has 2 rings (SSSR count). The number of aryl methyl sites for hydroxylation is 2. The van der Waals surface area contributed by atoms with Crippen LogP contribution in [0.15, 0.2) is 17.3 Å². The van der Waals surface area contributed by atoms with E-state index < -0.39 is 5.97 Å². The van der Waals surface area contributed by atoms with Gasteiger partial charge in [0, 0.05) is 23.0 Å². The van der Waals surface area contributed by atoms with Crippen molar-refractivity contribution in [3.8, 4) is 11.4 Å².